The molecule has 2 rings (SSSR count). The van der Waals surface area contributed by atoms with Crippen molar-refractivity contribution in [2.24, 2.45) is 5.73 Å². The number of benzene rings is 1. The number of hydrogen-bond acceptors (Lipinski definition) is 5. The Bertz CT molecular complexity index is 490. The van der Waals surface area contributed by atoms with Crippen molar-refractivity contribution in [2.75, 3.05) is 26.2 Å². The van der Waals surface area contributed by atoms with Crippen LogP contribution >= 0.6 is 0 Å². The van der Waals surface area contributed by atoms with E-state index < -0.39 is 0 Å². The molecule has 5 heteroatoms. The van der Waals surface area contributed by atoms with Crippen LogP contribution < -0.4 is 11.1 Å². The second-order valence-corrected chi connectivity index (χ2v) is 6.84. The fraction of sp³-hybridized carbons (Fsp3) is 0.611. The standard InChI is InChI=1S/C18H29N3O2/c1-15(21-11-10-20-13-18(2,19)14-21)8-9-17(22)23-12-16-6-4-3-5-7-16/h3-7,15,20H,8-14,19H2,1-2H3. The van der Waals surface area contributed by atoms with Crippen LogP contribution in [0.15, 0.2) is 30.3 Å². The van der Waals surface area contributed by atoms with E-state index in [2.05, 4.69) is 24.1 Å². The van der Waals surface area contributed by atoms with Crippen LogP contribution in [0.5, 0.6) is 0 Å². The van der Waals surface area contributed by atoms with E-state index in [4.69, 9.17) is 10.5 Å². The fourth-order valence-corrected chi connectivity index (χ4v) is 2.89. The zero-order chi connectivity index (χ0) is 16.7. The molecule has 1 aliphatic heterocycles. The van der Waals surface area contributed by atoms with Crippen LogP contribution in [0.2, 0.25) is 0 Å². The molecule has 0 radical (unpaired) electrons. The number of nitrogens with one attached hydrogen (secondary N) is 1. The minimum atomic E-state index is -0.224. The number of carbonyl (C=O) groups is 1. The summed E-state index contributed by atoms with van der Waals surface area (Å²) < 4.78 is 5.34. The third kappa shape index (κ3) is 6.29. The van der Waals surface area contributed by atoms with Gasteiger partial charge >= 0.3 is 5.97 Å². The second kappa shape index (κ2) is 8.43. The van der Waals surface area contributed by atoms with Gasteiger partial charge in [-0.25, -0.2) is 0 Å². The SMILES string of the molecule is CC(CCC(=O)OCc1ccccc1)N1CCNCC(C)(N)C1. The Balaban J connectivity index is 1.72. The third-order valence-corrected chi connectivity index (χ3v) is 4.30. The van der Waals surface area contributed by atoms with Gasteiger partial charge in [0.1, 0.15) is 6.61 Å². The highest BCUT2D eigenvalue weighted by Gasteiger charge is 2.27. The smallest absolute Gasteiger partial charge is 0.306 e. The van der Waals surface area contributed by atoms with Crippen molar-refractivity contribution in [2.45, 2.75) is 44.9 Å². The molecule has 1 aliphatic rings. The molecular formula is C18H29N3O2. The zero-order valence-corrected chi connectivity index (χ0v) is 14.3. The van der Waals surface area contributed by atoms with Crippen LogP contribution in [0.3, 0.4) is 0 Å². The lowest BCUT2D eigenvalue weighted by Crippen LogP contribution is -2.52. The predicted octanol–water partition coefficient (Wildman–Crippen LogP) is 1.52. The van der Waals surface area contributed by atoms with Gasteiger partial charge in [-0.05, 0) is 25.8 Å². The van der Waals surface area contributed by atoms with Crippen molar-refractivity contribution in [3.8, 4) is 0 Å². The van der Waals surface area contributed by atoms with Crippen LogP contribution in [0.4, 0.5) is 0 Å². The molecule has 23 heavy (non-hydrogen) atoms. The average Bonchev–Trinajstić information content (AvgIpc) is 2.72. The summed E-state index contributed by atoms with van der Waals surface area (Å²) in [7, 11) is 0. The monoisotopic (exact) mass is 319 g/mol. The van der Waals surface area contributed by atoms with Gasteiger partial charge < -0.3 is 15.8 Å². The predicted molar refractivity (Wildman–Crippen MR) is 92.0 cm³/mol. The van der Waals surface area contributed by atoms with E-state index in [-0.39, 0.29) is 11.5 Å². The topological polar surface area (TPSA) is 67.6 Å². The highest BCUT2D eigenvalue weighted by molar-refractivity contribution is 5.69. The van der Waals surface area contributed by atoms with Crippen molar-refractivity contribution in [3.05, 3.63) is 35.9 Å². The lowest BCUT2D eigenvalue weighted by Gasteiger charge is -2.33. The summed E-state index contributed by atoms with van der Waals surface area (Å²) in [5.74, 6) is -0.135. The zero-order valence-electron chi connectivity index (χ0n) is 14.3. The Kier molecular flexibility index (Phi) is 6.57. The molecule has 0 bridgehead atoms. The van der Waals surface area contributed by atoms with Crippen molar-refractivity contribution >= 4 is 5.97 Å². The maximum atomic E-state index is 11.9. The van der Waals surface area contributed by atoms with Crippen LogP contribution in [0.1, 0.15) is 32.3 Å². The summed E-state index contributed by atoms with van der Waals surface area (Å²) in [5.41, 5.74) is 7.07. The molecule has 0 amide bonds. The van der Waals surface area contributed by atoms with Gasteiger partial charge in [-0.2, -0.15) is 0 Å². The van der Waals surface area contributed by atoms with E-state index >= 15 is 0 Å². The molecular weight excluding hydrogens is 290 g/mol. The number of ether oxygens (including phenoxy) is 1. The van der Waals surface area contributed by atoms with Crippen molar-refractivity contribution in [1.29, 1.82) is 0 Å². The van der Waals surface area contributed by atoms with E-state index in [9.17, 15) is 4.79 Å². The summed E-state index contributed by atoms with van der Waals surface area (Å²) in [6.45, 7) is 8.16. The molecule has 5 nitrogen and oxygen atoms in total. The largest absolute Gasteiger partial charge is 0.461 e. The van der Waals surface area contributed by atoms with Crippen molar-refractivity contribution in [3.63, 3.8) is 0 Å². The van der Waals surface area contributed by atoms with Crippen molar-refractivity contribution < 1.29 is 9.53 Å². The Morgan fingerprint density at radius 1 is 1.43 bits per heavy atom. The van der Waals surface area contributed by atoms with E-state index in [0.717, 1.165) is 38.2 Å². The van der Waals surface area contributed by atoms with Gasteiger partial charge in [0.25, 0.3) is 0 Å². The van der Waals surface area contributed by atoms with Gasteiger partial charge in [0.2, 0.25) is 0 Å². The minimum Gasteiger partial charge on any atom is -0.461 e. The Labute approximate surface area is 139 Å². The molecule has 1 aromatic rings. The number of rotatable bonds is 6. The third-order valence-electron chi connectivity index (χ3n) is 4.30. The number of hydrogen-bond donors (Lipinski definition) is 2. The van der Waals surface area contributed by atoms with Gasteiger partial charge in [0.05, 0.1) is 0 Å². The van der Waals surface area contributed by atoms with Gasteiger partial charge in [0, 0.05) is 44.2 Å². The first-order valence-corrected chi connectivity index (χ1v) is 8.39. The summed E-state index contributed by atoms with van der Waals surface area (Å²) >= 11 is 0. The summed E-state index contributed by atoms with van der Waals surface area (Å²) in [4.78, 5) is 14.3. The maximum absolute atomic E-state index is 11.9. The summed E-state index contributed by atoms with van der Waals surface area (Å²) in [6.07, 6.45) is 1.24. The lowest BCUT2D eigenvalue weighted by atomic mass is 10.0. The van der Waals surface area contributed by atoms with E-state index in [1.165, 1.54) is 0 Å². The molecule has 2 atom stereocenters. The number of nitrogens with zero attached hydrogens (tertiary/aromatic N) is 1. The number of esters is 1. The fourth-order valence-electron chi connectivity index (χ4n) is 2.89. The van der Waals surface area contributed by atoms with Crippen LogP contribution in [0.25, 0.3) is 0 Å². The summed E-state index contributed by atoms with van der Waals surface area (Å²) in [6, 6.07) is 10.1. The molecule has 2 unspecified atom stereocenters. The van der Waals surface area contributed by atoms with E-state index in [0.29, 0.717) is 19.1 Å². The molecule has 3 N–H and O–H groups in total. The number of nitrogens with two attached hydrogens (primary N) is 1. The molecule has 0 spiro atoms. The molecule has 0 aromatic heterocycles. The molecule has 128 valence electrons. The number of carbonyl (C=O) groups excluding carboxylic acids is 1. The Hall–Kier alpha value is -1.43. The molecule has 1 saturated heterocycles. The van der Waals surface area contributed by atoms with Crippen LogP contribution in [-0.2, 0) is 16.1 Å². The van der Waals surface area contributed by atoms with Gasteiger partial charge in [-0.15, -0.1) is 0 Å². The first kappa shape index (κ1) is 17.9. The first-order chi connectivity index (χ1) is 11.0. The van der Waals surface area contributed by atoms with Crippen LogP contribution in [0, 0.1) is 0 Å². The summed E-state index contributed by atoms with van der Waals surface area (Å²) in [5, 5.41) is 3.37. The molecule has 1 fully saturated rings. The van der Waals surface area contributed by atoms with E-state index in [1.54, 1.807) is 0 Å². The van der Waals surface area contributed by atoms with Gasteiger partial charge in [-0.1, -0.05) is 30.3 Å². The Morgan fingerprint density at radius 3 is 2.91 bits per heavy atom. The van der Waals surface area contributed by atoms with Crippen LogP contribution in [-0.4, -0.2) is 48.6 Å². The maximum Gasteiger partial charge on any atom is 0.306 e. The first-order valence-electron chi connectivity index (χ1n) is 8.39. The minimum absolute atomic E-state index is 0.135. The Morgan fingerprint density at radius 2 is 2.17 bits per heavy atom. The van der Waals surface area contributed by atoms with Gasteiger partial charge in [-0.3, -0.25) is 9.69 Å². The molecule has 1 heterocycles. The van der Waals surface area contributed by atoms with E-state index in [1.807, 2.05) is 30.3 Å². The molecule has 0 aliphatic carbocycles. The lowest BCUT2D eigenvalue weighted by molar-refractivity contribution is -0.145. The quantitative estimate of drug-likeness (QED) is 0.778. The highest BCUT2D eigenvalue weighted by atomic mass is 16.5. The van der Waals surface area contributed by atoms with Crippen molar-refractivity contribution in [1.82, 2.24) is 10.2 Å². The average molecular weight is 319 g/mol. The second-order valence-electron chi connectivity index (χ2n) is 6.84. The molecule has 0 saturated carbocycles. The van der Waals surface area contributed by atoms with Gasteiger partial charge in [0.15, 0.2) is 0 Å². The molecule has 1 aromatic carbocycles. The highest BCUT2D eigenvalue weighted by Crippen LogP contribution is 2.13. The normalized spacial score (nSPS) is 24.0.